The molecule has 1 heterocycles. The third kappa shape index (κ3) is 3.69. The summed E-state index contributed by atoms with van der Waals surface area (Å²) >= 11 is 1.53. The fourth-order valence-electron chi connectivity index (χ4n) is 2.43. The number of esters is 1. The zero-order chi connectivity index (χ0) is 16.5. The van der Waals surface area contributed by atoms with Gasteiger partial charge in [-0.25, -0.2) is 4.79 Å². The van der Waals surface area contributed by atoms with Gasteiger partial charge in [-0.1, -0.05) is 20.8 Å². The van der Waals surface area contributed by atoms with Gasteiger partial charge in [0.2, 0.25) is 5.91 Å². The maximum absolute atomic E-state index is 12.5. The van der Waals surface area contributed by atoms with Crippen LogP contribution in [0.4, 0.5) is 5.00 Å². The highest BCUT2D eigenvalue weighted by Gasteiger charge is 2.30. The molecule has 0 atom stereocenters. The van der Waals surface area contributed by atoms with Crippen LogP contribution in [0.2, 0.25) is 0 Å². The van der Waals surface area contributed by atoms with Gasteiger partial charge in [0, 0.05) is 10.3 Å². The van der Waals surface area contributed by atoms with Gasteiger partial charge >= 0.3 is 5.97 Å². The first-order valence-electron chi connectivity index (χ1n) is 7.87. The van der Waals surface area contributed by atoms with Crippen LogP contribution in [0.15, 0.2) is 0 Å². The topological polar surface area (TPSA) is 55.4 Å². The molecule has 0 fully saturated rings. The quantitative estimate of drug-likeness (QED) is 0.849. The Kier molecular flexibility index (Phi) is 4.95. The summed E-state index contributed by atoms with van der Waals surface area (Å²) in [5.41, 5.74) is 1.15. The summed E-state index contributed by atoms with van der Waals surface area (Å²) in [4.78, 5) is 26.0. The van der Waals surface area contributed by atoms with Crippen molar-refractivity contribution in [3.8, 4) is 0 Å². The summed E-state index contributed by atoms with van der Waals surface area (Å²) in [7, 11) is 0. The first kappa shape index (κ1) is 17.0. The zero-order valence-corrected chi connectivity index (χ0v) is 14.9. The van der Waals surface area contributed by atoms with Crippen molar-refractivity contribution in [2.24, 2.45) is 5.41 Å². The van der Waals surface area contributed by atoms with E-state index in [1.165, 1.54) is 16.2 Å². The van der Waals surface area contributed by atoms with Crippen LogP contribution in [0, 0.1) is 5.41 Å². The van der Waals surface area contributed by atoms with E-state index in [0.29, 0.717) is 10.6 Å². The minimum absolute atomic E-state index is 0.0790. The second kappa shape index (κ2) is 6.41. The highest BCUT2D eigenvalue weighted by Crippen LogP contribution is 2.39. The Morgan fingerprint density at radius 3 is 2.41 bits per heavy atom. The number of carbonyl (C=O) groups is 2. The number of hydrogen-bond donors (Lipinski definition) is 1. The van der Waals surface area contributed by atoms with Crippen LogP contribution in [0.5, 0.6) is 0 Å². The van der Waals surface area contributed by atoms with Gasteiger partial charge in [-0.15, -0.1) is 11.3 Å². The number of carbonyl (C=O) groups excluding carboxylic acids is 2. The Bertz CT molecular complexity index is 581. The molecule has 0 saturated carbocycles. The molecule has 5 heteroatoms. The van der Waals surface area contributed by atoms with Crippen LogP contribution in [0.1, 0.15) is 68.3 Å². The molecule has 1 amide bonds. The highest BCUT2D eigenvalue weighted by atomic mass is 32.1. The molecule has 2 rings (SSSR count). The average molecular weight is 323 g/mol. The van der Waals surface area contributed by atoms with Crippen LogP contribution >= 0.6 is 11.3 Å². The standard InChI is InChI=1S/C17H25NO3S/c1-10(2)21-15(19)13-11-8-6-7-9-12(11)22-14(13)18-16(20)17(3,4)5/h10H,6-9H2,1-5H3,(H,18,20). The fraction of sp³-hybridized carbons (Fsp3) is 0.647. The van der Waals surface area contributed by atoms with Gasteiger partial charge < -0.3 is 10.1 Å². The van der Waals surface area contributed by atoms with Crippen molar-refractivity contribution in [3.05, 3.63) is 16.0 Å². The van der Waals surface area contributed by atoms with Gasteiger partial charge in [-0.05, 0) is 45.1 Å². The van der Waals surface area contributed by atoms with E-state index >= 15 is 0 Å². The fourth-order valence-corrected chi connectivity index (χ4v) is 3.71. The van der Waals surface area contributed by atoms with Gasteiger partial charge in [0.25, 0.3) is 0 Å². The monoisotopic (exact) mass is 323 g/mol. The highest BCUT2D eigenvalue weighted by molar-refractivity contribution is 7.17. The van der Waals surface area contributed by atoms with E-state index in [2.05, 4.69) is 5.32 Å². The summed E-state index contributed by atoms with van der Waals surface area (Å²) in [5.74, 6) is -0.400. The second-order valence-electron chi connectivity index (χ2n) is 7.07. The molecule has 4 nitrogen and oxygen atoms in total. The number of anilines is 1. The predicted octanol–water partition coefficient (Wildman–Crippen LogP) is 4.18. The number of amides is 1. The number of fused-ring (bicyclic) bond motifs is 1. The van der Waals surface area contributed by atoms with E-state index in [-0.39, 0.29) is 18.0 Å². The Labute approximate surface area is 136 Å². The van der Waals surface area contributed by atoms with Crippen molar-refractivity contribution in [1.29, 1.82) is 0 Å². The van der Waals surface area contributed by atoms with Gasteiger partial charge in [0.15, 0.2) is 0 Å². The smallest absolute Gasteiger partial charge is 0.341 e. The number of aryl methyl sites for hydroxylation is 1. The van der Waals surface area contributed by atoms with Gasteiger partial charge in [-0.2, -0.15) is 0 Å². The summed E-state index contributed by atoms with van der Waals surface area (Å²) < 4.78 is 5.38. The van der Waals surface area contributed by atoms with Gasteiger partial charge in [-0.3, -0.25) is 4.79 Å². The van der Waals surface area contributed by atoms with E-state index in [9.17, 15) is 9.59 Å². The molecule has 0 unspecified atom stereocenters. The van der Waals surface area contributed by atoms with Crippen molar-refractivity contribution < 1.29 is 14.3 Å². The SMILES string of the molecule is CC(C)OC(=O)c1c(NC(=O)C(C)(C)C)sc2c1CCCC2. The molecule has 0 radical (unpaired) electrons. The average Bonchev–Trinajstić information content (AvgIpc) is 2.74. The maximum atomic E-state index is 12.5. The number of nitrogens with one attached hydrogen (secondary N) is 1. The molecule has 0 saturated heterocycles. The molecule has 1 aromatic heterocycles. The molecule has 0 aromatic carbocycles. The Morgan fingerprint density at radius 2 is 1.82 bits per heavy atom. The van der Waals surface area contributed by atoms with Crippen molar-refractivity contribution in [2.45, 2.75) is 66.4 Å². The number of hydrogen-bond acceptors (Lipinski definition) is 4. The molecular weight excluding hydrogens is 298 g/mol. The number of ether oxygens (including phenoxy) is 1. The lowest BCUT2D eigenvalue weighted by molar-refractivity contribution is -0.123. The minimum Gasteiger partial charge on any atom is -0.459 e. The minimum atomic E-state index is -0.496. The molecule has 0 aliphatic heterocycles. The maximum Gasteiger partial charge on any atom is 0.341 e. The van der Waals surface area contributed by atoms with Crippen molar-refractivity contribution in [2.75, 3.05) is 5.32 Å². The largest absolute Gasteiger partial charge is 0.459 e. The first-order valence-corrected chi connectivity index (χ1v) is 8.68. The van der Waals surface area contributed by atoms with Gasteiger partial charge in [0.05, 0.1) is 11.7 Å². The third-order valence-corrected chi connectivity index (χ3v) is 4.83. The van der Waals surface area contributed by atoms with E-state index in [4.69, 9.17) is 4.74 Å². The summed E-state index contributed by atoms with van der Waals surface area (Å²) in [6.07, 6.45) is 3.92. The summed E-state index contributed by atoms with van der Waals surface area (Å²) in [6.45, 7) is 9.26. The van der Waals surface area contributed by atoms with Gasteiger partial charge in [0.1, 0.15) is 5.00 Å². The zero-order valence-electron chi connectivity index (χ0n) is 14.0. The van der Waals surface area contributed by atoms with Crippen LogP contribution in [0.3, 0.4) is 0 Å². The Hall–Kier alpha value is -1.36. The van der Waals surface area contributed by atoms with E-state index < -0.39 is 5.41 Å². The van der Waals surface area contributed by atoms with Crippen molar-refractivity contribution in [3.63, 3.8) is 0 Å². The van der Waals surface area contributed by atoms with E-state index in [1.54, 1.807) is 0 Å². The molecular formula is C17H25NO3S. The lowest BCUT2D eigenvalue weighted by Crippen LogP contribution is -2.28. The van der Waals surface area contributed by atoms with Crippen molar-refractivity contribution in [1.82, 2.24) is 0 Å². The first-order chi connectivity index (χ1) is 10.2. The van der Waals surface area contributed by atoms with E-state index in [1.807, 2.05) is 34.6 Å². The number of thiophene rings is 1. The summed E-state index contributed by atoms with van der Waals surface area (Å²) in [5, 5.41) is 3.59. The third-order valence-electron chi connectivity index (χ3n) is 3.63. The molecule has 22 heavy (non-hydrogen) atoms. The molecule has 122 valence electrons. The second-order valence-corrected chi connectivity index (χ2v) is 8.18. The summed E-state index contributed by atoms with van der Waals surface area (Å²) in [6, 6.07) is 0. The van der Waals surface area contributed by atoms with Crippen LogP contribution in [-0.2, 0) is 22.4 Å². The van der Waals surface area contributed by atoms with Crippen LogP contribution in [0.25, 0.3) is 0 Å². The Morgan fingerprint density at radius 1 is 1.18 bits per heavy atom. The van der Waals surface area contributed by atoms with Crippen LogP contribution < -0.4 is 5.32 Å². The molecule has 0 spiro atoms. The molecule has 1 N–H and O–H groups in total. The molecule has 0 bridgehead atoms. The lowest BCUT2D eigenvalue weighted by atomic mass is 9.94. The molecule has 1 aliphatic carbocycles. The van der Waals surface area contributed by atoms with Crippen LogP contribution in [-0.4, -0.2) is 18.0 Å². The Balaban J connectivity index is 2.38. The molecule has 1 aliphatic rings. The predicted molar refractivity (Wildman–Crippen MR) is 89.6 cm³/mol. The number of rotatable bonds is 3. The van der Waals surface area contributed by atoms with E-state index in [0.717, 1.165) is 31.2 Å². The lowest BCUT2D eigenvalue weighted by Gasteiger charge is -2.18. The molecule has 1 aromatic rings. The normalized spacial score (nSPS) is 14.6. The van der Waals surface area contributed by atoms with Crippen molar-refractivity contribution >= 4 is 28.2 Å².